The molecule has 1 amide bonds. The van der Waals surface area contributed by atoms with Crippen molar-refractivity contribution in [2.75, 3.05) is 11.4 Å². The predicted molar refractivity (Wildman–Crippen MR) is 74.4 cm³/mol. The molecule has 0 radical (unpaired) electrons. The van der Waals surface area contributed by atoms with E-state index < -0.39 is 30.1 Å². The highest BCUT2D eigenvalue weighted by atomic mass is 32.1. The number of nitrogens with zero attached hydrogens (tertiary/aromatic N) is 1. The topological polar surface area (TPSA) is 57.6 Å². The number of amides is 1. The van der Waals surface area contributed by atoms with Gasteiger partial charge in [0.1, 0.15) is 18.2 Å². The summed E-state index contributed by atoms with van der Waals surface area (Å²) >= 11 is 1.21. The number of hydrogen-bond acceptors (Lipinski definition) is 3. The van der Waals surface area contributed by atoms with Crippen LogP contribution in [0.1, 0.15) is 5.56 Å². The highest BCUT2D eigenvalue weighted by Gasteiger charge is 2.20. The Hall–Kier alpha value is -2.28. The molecule has 0 aliphatic rings. The van der Waals surface area contributed by atoms with Crippen LogP contribution >= 0.6 is 11.3 Å². The Morgan fingerprint density at radius 2 is 1.86 bits per heavy atom. The summed E-state index contributed by atoms with van der Waals surface area (Å²) < 4.78 is 26.2. The first-order chi connectivity index (χ1) is 9.95. The molecule has 1 aromatic heterocycles. The summed E-state index contributed by atoms with van der Waals surface area (Å²) in [5, 5.41) is 11.1. The first kappa shape index (κ1) is 15.1. The van der Waals surface area contributed by atoms with E-state index in [4.69, 9.17) is 5.11 Å². The maximum Gasteiger partial charge on any atom is 0.323 e. The van der Waals surface area contributed by atoms with E-state index in [-0.39, 0.29) is 12.0 Å². The van der Waals surface area contributed by atoms with Crippen molar-refractivity contribution in [2.24, 2.45) is 0 Å². The van der Waals surface area contributed by atoms with Crippen LogP contribution in [0.3, 0.4) is 0 Å². The van der Waals surface area contributed by atoms with Gasteiger partial charge in [-0.1, -0.05) is 0 Å². The van der Waals surface area contributed by atoms with Gasteiger partial charge in [-0.05, 0) is 35.2 Å². The number of aliphatic carboxylic acids is 1. The average molecular weight is 311 g/mol. The molecule has 0 spiro atoms. The molecule has 4 nitrogen and oxygen atoms in total. The molecule has 2 rings (SSSR count). The maximum atomic E-state index is 13.1. The lowest BCUT2D eigenvalue weighted by atomic mass is 10.1. The van der Waals surface area contributed by atoms with Crippen molar-refractivity contribution >= 4 is 28.2 Å². The number of benzene rings is 1. The fourth-order valence-corrected chi connectivity index (χ4v) is 2.58. The van der Waals surface area contributed by atoms with E-state index in [0.29, 0.717) is 11.1 Å². The van der Waals surface area contributed by atoms with Gasteiger partial charge in [0.05, 0.1) is 11.4 Å². The summed E-state index contributed by atoms with van der Waals surface area (Å²) in [5.41, 5.74) is 0.157. The summed E-state index contributed by atoms with van der Waals surface area (Å²) in [7, 11) is 0. The lowest BCUT2D eigenvalue weighted by Crippen LogP contribution is -2.36. The third-order valence-corrected chi connectivity index (χ3v) is 3.54. The quantitative estimate of drug-likeness (QED) is 0.923. The van der Waals surface area contributed by atoms with Gasteiger partial charge in [0, 0.05) is 6.07 Å². The molecule has 0 aliphatic heterocycles. The minimum Gasteiger partial charge on any atom is -0.480 e. The van der Waals surface area contributed by atoms with Gasteiger partial charge in [0.15, 0.2) is 0 Å². The minimum absolute atomic E-state index is 0.157. The van der Waals surface area contributed by atoms with Crippen molar-refractivity contribution in [3.05, 3.63) is 52.9 Å². The molecule has 1 aromatic carbocycles. The van der Waals surface area contributed by atoms with Gasteiger partial charge >= 0.3 is 5.97 Å². The summed E-state index contributed by atoms with van der Waals surface area (Å²) in [6, 6.07) is 6.10. The molecule has 0 aliphatic carbocycles. The van der Waals surface area contributed by atoms with Crippen LogP contribution < -0.4 is 4.90 Å². The SMILES string of the molecule is O=C(O)CN(C(=O)Cc1cc(F)cc(F)c1)c1cccs1. The molecule has 1 N–H and O–H groups in total. The number of carbonyl (C=O) groups excluding carboxylic acids is 1. The Morgan fingerprint density at radius 3 is 2.38 bits per heavy atom. The zero-order valence-corrected chi connectivity index (χ0v) is 11.6. The fourth-order valence-electron chi connectivity index (χ4n) is 1.83. The first-order valence-corrected chi connectivity index (χ1v) is 6.84. The van der Waals surface area contributed by atoms with E-state index in [2.05, 4.69) is 0 Å². The zero-order chi connectivity index (χ0) is 15.4. The predicted octanol–water partition coefficient (Wildman–Crippen LogP) is 2.69. The molecule has 110 valence electrons. The van der Waals surface area contributed by atoms with Gasteiger partial charge in [-0.3, -0.25) is 14.5 Å². The minimum atomic E-state index is -1.16. The summed E-state index contributed by atoms with van der Waals surface area (Å²) in [5.74, 6) is -3.26. The van der Waals surface area contributed by atoms with Crippen molar-refractivity contribution in [1.29, 1.82) is 0 Å². The van der Waals surface area contributed by atoms with Crippen LogP contribution in [0.25, 0.3) is 0 Å². The summed E-state index contributed by atoms with van der Waals surface area (Å²) in [4.78, 5) is 24.1. The number of anilines is 1. The number of rotatable bonds is 5. The molecular formula is C14H11F2NO3S. The highest BCUT2D eigenvalue weighted by Crippen LogP contribution is 2.22. The van der Waals surface area contributed by atoms with Crippen LogP contribution in [0.15, 0.2) is 35.7 Å². The lowest BCUT2D eigenvalue weighted by molar-refractivity contribution is -0.136. The van der Waals surface area contributed by atoms with Crippen LogP contribution in [0.4, 0.5) is 13.8 Å². The molecule has 1 heterocycles. The van der Waals surface area contributed by atoms with Crippen molar-refractivity contribution in [1.82, 2.24) is 0 Å². The monoisotopic (exact) mass is 311 g/mol. The van der Waals surface area contributed by atoms with Crippen LogP contribution in [0, 0.1) is 11.6 Å². The van der Waals surface area contributed by atoms with Crippen LogP contribution in [0.5, 0.6) is 0 Å². The number of thiophene rings is 1. The summed E-state index contributed by atoms with van der Waals surface area (Å²) in [6.45, 7) is -0.503. The molecule has 0 unspecified atom stereocenters. The van der Waals surface area contributed by atoms with E-state index in [1.165, 1.54) is 11.3 Å². The molecule has 0 saturated carbocycles. The molecule has 0 bridgehead atoms. The largest absolute Gasteiger partial charge is 0.480 e. The second kappa shape index (κ2) is 6.45. The number of halogens is 2. The first-order valence-electron chi connectivity index (χ1n) is 5.96. The number of carboxylic acid groups (broad SMARTS) is 1. The van der Waals surface area contributed by atoms with E-state index in [9.17, 15) is 18.4 Å². The third-order valence-electron chi connectivity index (χ3n) is 2.64. The van der Waals surface area contributed by atoms with Gasteiger partial charge < -0.3 is 5.11 Å². The Kier molecular flexibility index (Phi) is 4.64. The zero-order valence-electron chi connectivity index (χ0n) is 10.8. The van der Waals surface area contributed by atoms with Crippen LogP contribution in [0.2, 0.25) is 0 Å². The molecule has 21 heavy (non-hydrogen) atoms. The Labute approximate surface area is 123 Å². The normalized spacial score (nSPS) is 10.4. The standard InChI is InChI=1S/C14H11F2NO3S/c15-10-4-9(5-11(16)7-10)6-12(18)17(8-14(19)20)13-2-1-3-21-13/h1-5,7H,6,8H2,(H,19,20). The fraction of sp³-hybridized carbons (Fsp3) is 0.143. The highest BCUT2D eigenvalue weighted by molar-refractivity contribution is 7.14. The Morgan fingerprint density at radius 1 is 1.19 bits per heavy atom. The van der Waals surface area contributed by atoms with Gasteiger partial charge in [-0.2, -0.15) is 0 Å². The second-order valence-corrected chi connectivity index (χ2v) is 5.21. The van der Waals surface area contributed by atoms with Gasteiger partial charge in [0.2, 0.25) is 5.91 Å². The molecule has 2 aromatic rings. The molecular weight excluding hydrogens is 300 g/mol. The van der Waals surface area contributed by atoms with E-state index in [1.54, 1.807) is 17.5 Å². The van der Waals surface area contributed by atoms with Crippen molar-refractivity contribution in [2.45, 2.75) is 6.42 Å². The number of hydrogen-bond donors (Lipinski definition) is 1. The Bertz CT molecular complexity index is 638. The Balaban J connectivity index is 2.20. The number of carboxylic acids is 1. The third kappa shape index (κ3) is 4.09. The van der Waals surface area contributed by atoms with Crippen LogP contribution in [-0.2, 0) is 16.0 Å². The molecule has 0 saturated heterocycles. The number of carbonyl (C=O) groups is 2. The average Bonchev–Trinajstić information content (AvgIpc) is 2.87. The summed E-state index contributed by atoms with van der Waals surface area (Å²) in [6.07, 6.45) is -0.278. The molecule has 0 fully saturated rings. The molecule has 0 atom stereocenters. The van der Waals surface area contributed by atoms with E-state index >= 15 is 0 Å². The van der Waals surface area contributed by atoms with E-state index in [1.807, 2.05) is 0 Å². The van der Waals surface area contributed by atoms with Gasteiger partial charge in [-0.15, -0.1) is 11.3 Å². The molecule has 7 heteroatoms. The van der Waals surface area contributed by atoms with Crippen molar-refractivity contribution < 1.29 is 23.5 Å². The van der Waals surface area contributed by atoms with Crippen molar-refractivity contribution in [3.8, 4) is 0 Å². The second-order valence-electron chi connectivity index (χ2n) is 4.28. The van der Waals surface area contributed by atoms with Gasteiger partial charge in [0.25, 0.3) is 0 Å². The lowest BCUT2D eigenvalue weighted by Gasteiger charge is -2.18. The smallest absolute Gasteiger partial charge is 0.323 e. The maximum absolute atomic E-state index is 13.1. The van der Waals surface area contributed by atoms with Crippen molar-refractivity contribution in [3.63, 3.8) is 0 Å². The van der Waals surface area contributed by atoms with Gasteiger partial charge in [-0.25, -0.2) is 8.78 Å². The van der Waals surface area contributed by atoms with E-state index in [0.717, 1.165) is 17.0 Å². The van der Waals surface area contributed by atoms with Crippen LogP contribution in [-0.4, -0.2) is 23.5 Å².